The third-order valence-corrected chi connectivity index (χ3v) is 8.64. The Bertz CT molecular complexity index is 1410. The first-order chi connectivity index (χ1) is 17.8. The number of aliphatic hydroxyl groups is 2. The SMILES string of the molecule is Cc1cc(-c2ccc(O)c3c2C[C@@H]2C[C@@H]4[C@@H](N(C)C)C(O)C(C(N)=O)C(=O)[C@]4(O)C(=O)C2C3=O)ccc1F. The molecule has 0 saturated heterocycles. The smallest absolute Gasteiger partial charge is 0.230 e. The van der Waals surface area contributed by atoms with E-state index in [0.717, 1.165) is 0 Å². The number of ketones is 3. The van der Waals surface area contributed by atoms with Crippen LogP contribution in [-0.2, 0) is 20.8 Å². The fourth-order valence-electron chi connectivity index (χ4n) is 6.90. The molecule has 3 unspecified atom stereocenters. The van der Waals surface area contributed by atoms with Gasteiger partial charge in [0.15, 0.2) is 23.0 Å². The Morgan fingerprint density at radius 3 is 2.42 bits per heavy atom. The number of likely N-dealkylation sites (N-methyl/N-ethyl adjacent to an activating group) is 1. The maximum Gasteiger partial charge on any atom is 0.230 e. The predicted molar refractivity (Wildman–Crippen MR) is 132 cm³/mol. The van der Waals surface area contributed by atoms with Gasteiger partial charge in [-0.25, -0.2) is 4.39 Å². The third kappa shape index (κ3) is 3.47. The number of phenolic OH excluding ortho intramolecular Hbond substituents is 1. The fraction of sp³-hybridized carbons (Fsp3) is 0.429. The molecule has 38 heavy (non-hydrogen) atoms. The van der Waals surface area contributed by atoms with Crippen LogP contribution in [0.1, 0.15) is 27.9 Å². The second-order valence-electron chi connectivity index (χ2n) is 10.9. The molecule has 2 aromatic carbocycles. The number of Topliss-reactive ketones (excluding diaryl/α,β-unsaturated/α-hetero) is 3. The lowest BCUT2D eigenvalue weighted by molar-refractivity contribution is -0.190. The number of aryl methyl sites for hydroxylation is 1. The minimum atomic E-state index is -2.70. The van der Waals surface area contributed by atoms with E-state index in [9.17, 15) is 38.9 Å². The molecule has 0 spiro atoms. The number of fused-ring (bicyclic) bond motifs is 3. The van der Waals surface area contributed by atoms with Crippen LogP contribution >= 0.6 is 0 Å². The first-order valence-corrected chi connectivity index (χ1v) is 12.4. The molecule has 0 heterocycles. The molecular weight excluding hydrogens is 495 g/mol. The zero-order chi connectivity index (χ0) is 27.8. The van der Waals surface area contributed by atoms with Gasteiger partial charge in [-0.1, -0.05) is 12.1 Å². The lowest BCUT2D eigenvalue weighted by Gasteiger charge is -2.54. The van der Waals surface area contributed by atoms with Gasteiger partial charge < -0.3 is 26.0 Å². The second kappa shape index (κ2) is 8.79. The number of benzene rings is 2. The van der Waals surface area contributed by atoms with Crippen molar-refractivity contribution < 1.29 is 38.9 Å². The number of primary amides is 1. The van der Waals surface area contributed by atoms with E-state index < -0.39 is 64.7 Å². The summed E-state index contributed by atoms with van der Waals surface area (Å²) in [6.45, 7) is 1.61. The molecule has 2 aromatic rings. The number of amides is 1. The Morgan fingerprint density at radius 1 is 1.13 bits per heavy atom. The quantitative estimate of drug-likeness (QED) is 0.429. The highest BCUT2D eigenvalue weighted by Gasteiger charge is 2.69. The van der Waals surface area contributed by atoms with Gasteiger partial charge in [0, 0.05) is 12.0 Å². The van der Waals surface area contributed by atoms with Crippen LogP contribution in [-0.4, -0.2) is 75.3 Å². The molecule has 5 rings (SSSR count). The van der Waals surface area contributed by atoms with Crippen molar-refractivity contribution in [2.45, 2.75) is 37.5 Å². The molecule has 3 aliphatic rings. The van der Waals surface area contributed by atoms with E-state index in [0.29, 0.717) is 22.3 Å². The van der Waals surface area contributed by atoms with Gasteiger partial charge >= 0.3 is 0 Å². The van der Waals surface area contributed by atoms with E-state index in [2.05, 4.69) is 0 Å². The van der Waals surface area contributed by atoms with Gasteiger partial charge in [-0.05, 0) is 80.2 Å². The maximum atomic E-state index is 13.9. The average molecular weight is 525 g/mol. The van der Waals surface area contributed by atoms with Gasteiger partial charge in [-0.2, -0.15) is 0 Å². The van der Waals surface area contributed by atoms with Crippen LogP contribution in [0.25, 0.3) is 11.1 Å². The van der Waals surface area contributed by atoms with Crippen LogP contribution in [0.5, 0.6) is 5.75 Å². The Labute approximate surface area is 218 Å². The number of phenols is 1. The minimum Gasteiger partial charge on any atom is -0.507 e. The van der Waals surface area contributed by atoms with Crippen LogP contribution < -0.4 is 5.73 Å². The molecule has 0 bridgehead atoms. The molecule has 5 N–H and O–H groups in total. The fourth-order valence-corrected chi connectivity index (χ4v) is 6.90. The molecule has 0 aliphatic heterocycles. The second-order valence-corrected chi connectivity index (χ2v) is 10.9. The molecule has 0 radical (unpaired) electrons. The summed E-state index contributed by atoms with van der Waals surface area (Å²) in [5.41, 5.74) is 4.71. The molecule has 2 fully saturated rings. The van der Waals surface area contributed by atoms with Crippen LogP contribution in [0.3, 0.4) is 0 Å². The summed E-state index contributed by atoms with van der Waals surface area (Å²) in [4.78, 5) is 54.7. The van der Waals surface area contributed by atoms with Gasteiger partial charge in [0.25, 0.3) is 0 Å². The van der Waals surface area contributed by atoms with Gasteiger partial charge in [-0.3, -0.25) is 19.2 Å². The summed E-state index contributed by atoms with van der Waals surface area (Å²) in [5.74, 6) is -9.91. The number of halogens is 1. The van der Waals surface area contributed by atoms with Crippen molar-refractivity contribution in [3.8, 4) is 16.9 Å². The van der Waals surface area contributed by atoms with Gasteiger partial charge in [0.05, 0.1) is 17.6 Å². The number of nitrogens with zero attached hydrogens (tertiary/aromatic N) is 1. The summed E-state index contributed by atoms with van der Waals surface area (Å²) in [6, 6.07) is 6.49. The molecular formula is C28H29FN2O7. The highest BCUT2D eigenvalue weighted by atomic mass is 19.1. The number of aliphatic hydroxyl groups excluding tert-OH is 1. The Morgan fingerprint density at radius 2 is 1.82 bits per heavy atom. The zero-order valence-electron chi connectivity index (χ0n) is 21.1. The Hall–Kier alpha value is -3.47. The first-order valence-electron chi connectivity index (χ1n) is 12.4. The highest BCUT2D eigenvalue weighted by Crippen LogP contribution is 2.52. The van der Waals surface area contributed by atoms with Crippen LogP contribution in [0, 0.1) is 36.4 Å². The number of rotatable bonds is 3. The van der Waals surface area contributed by atoms with E-state index in [1.807, 2.05) is 0 Å². The maximum absolute atomic E-state index is 13.9. The van der Waals surface area contributed by atoms with Crippen molar-refractivity contribution in [3.63, 3.8) is 0 Å². The summed E-state index contributed by atoms with van der Waals surface area (Å²) in [7, 11) is 3.18. The highest BCUT2D eigenvalue weighted by molar-refractivity contribution is 6.25. The number of hydrogen-bond donors (Lipinski definition) is 4. The molecule has 1 amide bonds. The summed E-state index contributed by atoms with van der Waals surface area (Å²) in [6.07, 6.45) is -1.38. The number of hydrogen-bond acceptors (Lipinski definition) is 8. The average Bonchev–Trinajstić information content (AvgIpc) is 2.83. The lowest BCUT2D eigenvalue weighted by Crippen LogP contribution is -2.75. The minimum absolute atomic E-state index is 0.0206. The standard InChI is InChI=1S/C28H29FN2O7/c1-11-8-12(4-6-17(11)29)14-5-7-18(32)20-15(14)9-13-10-16-22(31(2)3)24(34)21(27(30)37)26(36)28(16,38)25(35)19(13)23(20)33/h4-8,13,16,19,21-22,24,32,34,38H,9-10H2,1-3H3,(H2,30,37)/t13-,16-,19?,21?,22-,24?,28-/m1/s1. The van der Waals surface area contributed by atoms with Crippen LogP contribution in [0.4, 0.5) is 4.39 Å². The first kappa shape index (κ1) is 26.1. The Balaban J connectivity index is 1.66. The van der Waals surface area contributed by atoms with Crippen molar-refractivity contribution in [2.75, 3.05) is 14.1 Å². The van der Waals surface area contributed by atoms with Crippen LogP contribution in [0.15, 0.2) is 30.3 Å². The van der Waals surface area contributed by atoms with Gasteiger partial charge in [0.2, 0.25) is 5.91 Å². The zero-order valence-corrected chi connectivity index (χ0v) is 21.1. The topological polar surface area (TPSA) is 158 Å². The van der Waals surface area contributed by atoms with Gasteiger partial charge in [-0.15, -0.1) is 0 Å². The number of aromatic hydroxyl groups is 1. The van der Waals surface area contributed by atoms with Crippen LogP contribution in [0.2, 0.25) is 0 Å². The van der Waals surface area contributed by atoms with Crippen molar-refractivity contribution in [2.24, 2.45) is 29.4 Å². The third-order valence-electron chi connectivity index (χ3n) is 8.64. The molecule has 200 valence electrons. The van der Waals surface area contributed by atoms with E-state index in [1.54, 1.807) is 39.2 Å². The monoisotopic (exact) mass is 524 g/mol. The molecule has 7 atom stereocenters. The molecule has 9 nitrogen and oxygen atoms in total. The summed E-state index contributed by atoms with van der Waals surface area (Å²) >= 11 is 0. The molecule has 10 heteroatoms. The largest absolute Gasteiger partial charge is 0.507 e. The summed E-state index contributed by atoms with van der Waals surface area (Å²) in [5, 5.41) is 33.3. The number of carbonyl (C=O) groups excluding carboxylic acids is 4. The molecule has 0 aromatic heterocycles. The predicted octanol–water partition coefficient (Wildman–Crippen LogP) is 0.773. The normalized spacial score (nSPS) is 32.6. The number of carbonyl (C=O) groups is 4. The van der Waals surface area contributed by atoms with E-state index >= 15 is 0 Å². The van der Waals surface area contributed by atoms with E-state index in [-0.39, 0.29) is 30.0 Å². The van der Waals surface area contributed by atoms with E-state index in [4.69, 9.17) is 5.73 Å². The Kier molecular flexibility index (Phi) is 6.05. The molecule has 3 aliphatic carbocycles. The molecule has 2 saturated carbocycles. The lowest BCUT2D eigenvalue weighted by atomic mass is 9.52. The number of nitrogens with two attached hydrogens (primary N) is 1. The van der Waals surface area contributed by atoms with Gasteiger partial charge in [0.1, 0.15) is 17.5 Å². The summed E-state index contributed by atoms with van der Waals surface area (Å²) < 4.78 is 13.9. The van der Waals surface area contributed by atoms with Crippen molar-refractivity contribution in [1.29, 1.82) is 0 Å². The van der Waals surface area contributed by atoms with Crippen molar-refractivity contribution in [1.82, 2.24) is 4.90 Å². The van der Waals surface area contributed by atoms with Crippen molar-refractivity contribution in [3.05, 3.63) is 52.8 Å². The van der Waals surface area contributed by atoms with E-state index in [1.165, 1.54) is 17.0 Å². The van der Waals surface area contributed by atoms with Crippen molar-refractivity contribution >= 4 is 23.3 Å².